The molecule has 0 aliphatic heterocycles. The number of Topliss-reactive ketones (excluding diaryl/α,β-unsaturated/α-hetero) is 1. The lowest BCUT2D eigenvalue weighted by atomic mass is 10.1. The van der Waals surface area contributed by atoms with Gasteiger partial charge in [0.15, 0.2) is 0 Å². The third kappa shape index (κ3) is 4.87. The molecule has 0 rings (SSSR count). The van der Waals surface area contributed by atoms with E-state index in [2.05, 4.69) is 0 Å². The summed E-state index contributed by atoms with van der Waals surface area (Å²) in [5.41, 5.74) is 0. The molecule has 0 radical (unpaired) electrons. The van der Waals surface area contributed by atoms with Gasteiger partial charge in [-0.25, -0.2) is 0 Å². The van der Waals surface area contributed by atoms with Crippen molar-refractivity contribution in [2.75, 3.05) is 6.61 Å². The second kappa shape index (κ2) is 4.60. The van der Waals surface area contributed by atoms with E-state index in [-0.39, 0.29) is 12.0 Å². The predicted molar refractivity (Wildman–Crippen MR) is 41.3 cm³/mol. The van der Waals surface area contributed by atoms with Crippen LogP contribution in [-0.4, -0.2) is 24.7 Å². The molecule has 0 saturated carbocycles. The molecular weight excluding hydrogens is 185 g/mol. The minimum absolute atomic E-state index is 0.0982. The number of ether oxygens (including phenoxy) is 1. The lowest BCUT2D eigenvalue weighted by Gasteiger charge is -2.16. The van der Waals surface area contributed by atoms with E-state index < -0.39 is 18.6 Å². The molecule has 0 saturated heterocycles. The minimum atomic E-state index is -4.78. The summed E-state index contributed by atoms with van der Waals surface area (Å²) in [5, 5.41) is 0. The van der Waals surface area contributed by atoms with Gasteiger partial charge < -0.3 is 4.74 Å². The molecule has 0 aromatic rings. The number of carbonyl (C=O) groups excluding carboxylic acids is 1. The summed E-state index contributed by atoms with van der Waals surface area (Å²) in [7, 11) is 0. The number of rotatable bonds is 4. The highest BCUT2D eigenvalue weighted by molar-refractivity contribution is 5.85. The zero-order chi connectivity index (χ0) is 10.6. The molecule has 0 aliphatic carbocycles. The topological polar surface area (TPSA) is 26.3 Å². The van der Waals surface area contributed by atoms with Gasteiger partial charge in [0.1, 0.15) is 6.61 Å². The highest BCUT2D eigenvalue weighted by atomic mass is 19.4. The zero-order valence-electron chi connectivity index (χ0n) is 7.81. The first-order valence-electron chi connectivity index (χ1n) is 3.96. The van der Waals surface area contributed by atoms with Crippen LogP contribution in [0.3, 0.4) is 0 Å². The summed E-state index contributed by atoms with van der Waals surface area (Å²) in [6.45, 7) is 4.36. The van der Waals surface area contributed by atoms with E-state index in [4.69, 9.17) is 4.74 Å². The van der Waals surface area contributed by atoms with Crippen LogP contribution in [0.25, 0.3) is 0 Å². The highest BCUT2D eigenvalue weighted by Gasteiger charge is 2.38. The van der Waals surface area contributed by atoms with Crippen molar-refractivity contribution >= 4 is 5.78 Å². The van der Waals surface area contributed by atoms with Gasteiger partial charge in [-0.3, -0.25) is 4.79 Å². The average molecular weight is 198 g/mol. The van der Waals surface area contributed by atoms with Crippen molar-refractivity contribution in [1.82, 2.24) is 0 Å². The Hall–Kier alpha value is -0.580. The SMILES string of the molecule is CC(C)[C@H](C)OCC(=O)C(F)(F)F. The Kier molecular flexibility index (Phi) is 4.39. The summed E-state index contributed by atoms with van der Waals surface area (Å²) >= 11 is 0. The maximum absolute atomic E-state index is 11.7. The molecule has 2 nitrogen and oxygen atoms in total. The van der Waals surface area contributed by atoms with Crippen molar-refractivity contribution < 1.29 is 22.7 Å². The van der Waals surface area contributed by atoms with Crippen LogP contribution in [-0.2, 0) is 9.53 Å². The standard InChI is InChI=1S/C8H13F3O2/c1-5(2)6(3)13-4-7(12)8(9,10)11/h5-6H,4H2,1-3H3/t6-/m0/s1. The number of alkyl halides is 3. The molecule has 0 N–H and O–H groups in total. The van der Waals surface area contributed by atoms with Crippen LogP contribution in [0.4, 0.5) is 13.2 Å². The van der Waals surface area contributed by atoms with Crippen molar-refractivity contribution in [3.05, 3.63) is 0 Å². The summed E-state index contributed by atoms with van der Waals surface area (Å²) in [6, 6.07) is 0. The molecule has 0 fully saturated rings. The Morgan fingerprint density at radius 3 is 2.08 bits per heavy atom. The van der Waals surface area contributed by atoms with Crippen molar-refractivity contribution in [2.45, 2.75) is 33.1 Å². The monoisotopic (exact) mass is 198 g/mol. The van der Waals surface area contributed by atoms with Crippen LogP contribution in [0.2, 0.25) is 0 Å². The van der Waals surface area contributed by atoms with Crippen molar-refractivity contribution in [2.24, 2.45) is 5.92 Å². The maximum atomic E-state index is 11.7. The van der Waals surface area contributed by atoms with Crippen molar-refractivity contribution in [3.8, 4) is 0 Å². The molecule has 0 unspecified atom stereocenters. The second-order valence-electron chi connectivity index (χ2n) is 3.18. The minimum Gasteiger partial charge on any atom is -0.370 e. The van der Waals surface area contributed by atoms with Crippen molar-refractivity contribution in [1.29, 1.82) is 0 Å². The number of ketones is 1. The second-order valence-corrected chi connectivity index (χ2v) is 3.18. The van der Waals surface area contributed by atoms with Gasteiger partial charge in [0.05, 0.1) is 6.10 Å². The average Bonchev–Trinajstić information content (AvgIpc) is 1.97. The van der Waals surface area contributed by atoms with E-state index in [0.717, 1.165) is 0 Å². The van der Waals surface area contributed by atoms with E-state index in [9.17, 15) is 18.0 Å². The van der Waals surface area contributed by atoms with Gasteiger partial charge >= 0.3 is 6.18 Å². The molecule has 0 aromatic carbocycles. The van der Waals surface area contributed by atoms with E-state index in [1.54, 1.807) is 6.92 Å². The Balaban J connectivity index is 3.84. The van der Waals surface area contributed by atoms with Crippen LogP contribution >= 0.6 is 0 Å². The van der Waals surface area contributed by atoms with Crippen LogP contribution in [0, 0.1) is 5.92 Å². The first kappa shape index (κ1) is 12.4. The molecule has 0 heterocycles. The lowest BCUT2D eigenvalue weighted by Crippen LogP contribution is -2.30. The van der Waals surface area contributed by atoms with Gasteiger partial charge in [-0.05, 0) is 12.8 Å². The quantitative estimate of drug-likeness (QED) is 0.692. The number of hydrogen-bond acceptors (Lipinski definition) is 2. The smallest absolute Gasteiger partial charge is 0.370 e. The Morgan fingerprint density at radius 1 is 1.31 bits per heavy atom. The molecule has 0 aliphatic rings. The van der Waals surface area contributed by atoms with Crippen LogP contribution in [0.5, 0.6) is 0 Å². The van der Waals surface area contributed by atoms with Gasteiger partial charge in [0.25, 0.3) is 5.78 Å². The Labute approximate surface area is 75.1 Å². The summed E-state index contributed by atoms with van der Waals surface area (Å²) < 4.78 is 39.7. The first-order chi connectivity index (χ1) is 5.75. The Morgan fingerprint density at radius 2 is 1.77 bits per heavy atom. The third-order valence-electron chi connectivity index (χ3n) is 1.73. The molecule has 1 atom stereocenters. The number of halogens is 3. The zero-order valence-corrected chi connectivity index (χ0v) is 7.81. The third-order valence-corrected chi connectivity index (χ3v) is 1.73. The van der Waals surface area contributed by atoms with Gasteiger partial charge in [-0.15, -0.1) is 0 Å². The van der Waals surface area contributed by atoms with Crippen LogP contribution < -0.4 is 0 Å². The normalized spacial score (nSPS) is 14.7. The number of carbonyl (C=O) groups is 1. The van der Waals surface area contributed by atoms with Gasteiger partial charge in [-0.2, -0.15) is 13.2 Å². The molecule has 0 bridgehead atoms. The maximum Gasteiger partial charge on any atom is 0.452 e. The van der Waals surface area contributed by atoms with E-state index in [1.165, 1.54) is 0 Å². The van der Waals surface area contributed by atoms with E-state index in [1.807, 2.05) is 13.8 Å². The fourth-order valence-electron chi connectivity index (χ4n) is 0.481. The van der Waals surface area contributed by atoms with Crippen molar-refractivity contribution in [3.63, 3.8) is 0 Å². The van der Waals surface area contributed by atoms with Gasteiger partial charge in [-0.1, -0.05) is 13.8 Å². The van der Waals surface area contributed by atoms with E-state index >= 15 is 0 Å². The van der Waals surface area contributed by atoms with Gasteiger partial charge in [0.2, 0.25) is 0 Å². The lowest BCUT2D eigenvalue weighted by molar-refractivity contribution is -0.177. The largest absolute Gasteiger partial charge is 0.452 e. The predicted octanol–water partition coefficient (Wildman–Crippen LogP) is 2.18. The molecule has 13 heavy (non-hydrogen) atoms. The first-order valence-corrected chi connectivity index (χ1v) is 3.96. The fraction of sp³-hybridized carbons (Fsp3) is 0.875. The molecule has 5 heteroatoms. The molecule has 0 amide bonds. The molecular formula is C8H13F3O2. The Bertz CT molecular complexity index is 175. The van der Waals surface area contributed by atoms with E-state index in [0.29, 0.717) is 0 Å². The highest BCUT2D eigenvalue weighted by Crippen LogP contribution is 2.16. The molecule has 78 valence electrons. The fourth-order valence-corrected chi connectivity index (χ4v) is 0.481. The molecule has 0 spiro atoms. The van der Waals surface area contributed by atoms with Gasteiger partial charge in [0, 0.05) is 0 Å². The summed E-state index contributed by atoms with van der Waals surface area (Å²) in [4.78, 5) is 10.3. The number of hydrogen-bond donors (Lipinski definition) is 0. The van der Waals surface area contributed by atoms with Crippen LogP contribution in [0.1, 0.15) is 20.8 Å². The summed E-state index contributed by atoms with van der Waals surface area (Å²) in [5.74, 6) is -1.74. The summed E-state index contributed by atoms with van der Waals surface area (Å²) in [6.07, 6.45) is -5.12. The van der Waals surface area contributed by atoms with Crippen LogP contribution in [0.15, 0.2) is 0 Å². The molecule has 0 aromatic heterocycles.